The van der Waals surface area contributed by atoms with Crippen molar-refractivity contribution in [3.63, 3.8) is 0 Å². The minimum absolute atomic E-state index is 0.0631. The van der Waals surface area contributed by atoms with Crippen LogP contribution in [-0.4, -0.2) is 26.2 Å². The molecule has 1 aliphatic heterocycles. The van der Waals surface area contributed by atoms with E-state index in [1.165, 1.54) is 21.6 Å². The van der Waals surface area contributed by atoms with Crippen LogP contribution in [0.1, 0.15) is 40.4 Å². The van der Waals surface area contributed by atoms with Crippen LogP contribution in [0.4, 0.5) is 0 Å². The van der Waals surface area contributed by atoms with Gasteiger partial charge in [-0.05, 0) is 5.56 Å². The van der Waals surface area contributed by atoms with Gasteiger partial charge >= 0.3 is 0 Å². The van der Waals surface area contributed by atoms with Gasteiger partial charge in [-0.1, -0.05) is 72.9 Å². The van der Waals surface area contributed by atoms with E-state index in [1.807, 2.05) is 13.0 Å². The molecule has 0 saturated carbocycles. The summed E-state index contributed by atoms with van der Waals surface area (Å²) in [5, 5.41) is 15.5. The van der Waals surface area contributed by atoms with Crippen molar-refractivity contribution < 1.29 is 10.0 Å². The third-order valence-corrected chi connectivity index (χ3v) is 6.70. The van der Waals surface area contributed by atoms with Crippen LogP contribution in [0, 0.1) is 0 Å². The Morgan fingerprint density at radius 3 is 2.61 bits per heavy atom. The molecule has 1 aliphatic rings. The highest BCUT2D eigenvalue weighted by Gasteiger charge is 2.34. The van der Waals surface area contributed by atoms with E-state index in [1.54, 1.807) is 15.9 Å². The number of hydrogen-bond donors (Lipinski definition) is 2. The molecule has 6 heteroatoms. The number of aryl methyl sites for hydroxylation is 1. The third-order valence-electron chi connectivity index (χ3n) is 5.61. The Hall–Kier alpha value is -2.70. The van der Waals surface area contributed by atoms with Crippen molar-refractivity contribution in [2.24, 2.45) is 0 Å². The van der Waals surface area contributed by atoms with E-state index in [0.717, 1.165) is 41.6 Å². The van der Waals surface area contributed by atoms with Crippen LogP contribution in [0.25, 0.3) is 4.96 Å². The predicted molar refractivity (Wildman–Crippen MR) is 110 cm³/mol. The molecule has 0 amide bonds. The fourth-order valence-corrected chi connectivity index (χ4v) is 5.35. The van der Waals surface area contributed by atoms with Gasteiger partial charge in [0.2, 0.25) is 10.8 Å². The lowest BCUT2D eigenvalue weighted by molar-refractivity contribution is -0.940. The molecule has 0 spiro atoms. The first-order valence-corrected chi connectivity index (χ1v) is 10.6. The summed E-state index contributed by atoms with van der Waals surface area (Å²) in [5.74, 6) is 0.996. The molecule has 0 fully saturated rings. The largest absolute Gasteiger partial charge is 0.492 e. The van der Waals surface area contributed by atoms with Crippen molar-refractivity contribution in [3.05, 3.63) is 82.0 Å². The highest BCUT2D eigenvalue weighted by Crippen LogP contribution is 2.35. The number of nitrogens with zero attached hydrogens (tertiary/aromatic N) is 3. The first kappa shape index (κ1) is 17.4. The molecule has 5 rings (SSSR count). The first-order chi connectivity index (χ1) is 13.7. The Kier molecular flexibility index (Phi) is 4.37. The summed E-state index contributed by atoms with van der Waals surface area (Å²) in [4.78, 5) is 7.72. The number of benzene rings is 2. The molecule has 142 valence electrons. The van der Waals surface area contributed by atoms with E-state index < -0.39 is 0 Å². The summed E-state index contributed by atoms with van der Waals surface area (Å²) in [7, 11) is 0. The summed E-state index contributed by atoms with van der Waals surface area (Å²) in [6.45, 7) is 4.01. The number of nitrogens with one attached hydrogen (secondary N) is 1. The summed E-state index contributed by atoms with van der Waals surface area (Å²) >= 11 is 1.56. The third kappa shape index (κ3) is 2.89. The van der Waals surface area contributed by atoms with Crippen molar-refractivity contribution in [2.75, 3.05) is 6.54 Å². The quantitative estimate of drug-likeness (QED) is 0.562. The molecular formula is C22H23N4OS+. The molecule has 2 aromatic heterocycles. The Balaban J connectivity index is 1.60. The van der Waals surface area contributed by atoms with Gasteiger partial charge in [-0.15, -0.1) is 5.10 Å². The van der Waals surface area contributed by atoms with Gasteiger partial charge in [0.25, 0.3) is 0 Å². The second-order valence-electron chi connectivity index (χ2n) is 7.31. The van der Waals surface area contributed by atoms with Crippen LogP contribution in [0.2, 0.25) is 0 Å². The van der Waals surface area contributed by atoms with Crippen LogP contribution < -0.4 is 4.90 Å². The molecule has 2 N–H and O–H groups in total. The van der Waals surface area contributed by atoms with Gasteiger partial charge in [-0.2, -0.15) is 4.52 Å². The highest BCUT2D eigenvalue weighted by atomic mass is 32.1. The summed E-state index contributed by atoms with van der Waals surface area (Å²) < 4.78 is 1.60. The van der Waals surface area contributed by atoms with Gasteiger partial charge in [0.1, 0.15) is 11.4 Å². The average molecular weight is 392 g/mol. The van der Waals surface area contributed by atoms with Crippen molar-refractivity contribution in [3.8, 4) is 5.88 Å². The smallest absolute Gasteiger partial charge is 0.235 e. The molecule has 3 heterocycles. The Morgan fingerprint density at radius 2 is 1.86 bits per heavy atom. The van der Waals surface area contributed by atoms with Gasteiger partial charge in [-0.25, -0.2) is 4.98 Å². The lowest BCUT2D eigenvalue weighted by Crippen LogP contribution is -3.12. The van der Waals surface area contributed by atoms with E-state index in [4.69, 9.17) is 0 Å². The molecule has 5 nitrogen and oxygen atoms in total. The Morgan fingerprint density at radius 1 is 1.11 bits per heavy atom. The number of quaternary nitrogens is 1. The number of thiazole rings is 1. The van der Waals surface area contributed by atoms with Gasteiger partial charge in [-0.3, -0.25) is 0 Å². The molecular weight excluding hydrogens is 368 g/mol. The van der Waals surface area contributed by atoms with Gasteiger partial charge in [0.05, 0.1) is 6.54 Å². The topological polar surface area (TPSA) is 54.9 Å². The molecule has 0 saturated heterocycles. The number of aromatic hydroxyl groups is 1. The first-order valence-electron chi connectivity index (χ1n) is 9.78. The second-order valence-corrected chi connectivity index (χ2v) is 8.32. The Labute approximate surface area is 167 Å². The average Bonchev–Trinajstić information content (AvgIpc) is 3.28. The molecule has 4 aromatic rings. The van der Waals surface area contributed by atoms with E-state index >= 15 is 0 Å². The fraction of sp³-hybridized carbons (Fsp3) is 0.273. The van der Waals surface area contributed by atoms with Crippen molar-refractivity contribution in [1.29, 1.82) is 0 Å². The normalized spacial score (nSPS) is 17.5. The van der Waals surface area contributed by atoms with Crippen LogP contribution in [0.15, 0.2) is 54.6 Å². The van der Waals surface area contributed by atoms with E-state index in [2.05, 4.69) is 58.6 Å². The van der Waals surface area contributed by atoms with Crippen molar-refractivity contribution in [1.82, 2.24) is 14.6 Å². The minimum Gasteiger partial charge on any atom is -0.492 e. The predicted octanol–water partition coefficient (Wildman–Crippen LogP) is 2.79. The van der Waals surface area contributed by atoms with Crippen LogP contribution >= 0.6 is 11.3 Å². The Bertz CT molecular complexity index is 1120. The van der Waals surface area contributed by atoms with Crippen LogP contribution in [0.3, 0.4) is 0 Å². The standard InChI is InChI=1S/C22H22N4OS/c1-2-18-23-22-26(24-18)21(27)20(28-22)19(16-9-4-3-5-10-16)25-13-12-15-8-6-7-11-17(15)14-25/h3-11,19,27H,2,12-14H2,1H3/p+1/t19-/m1/s1. The molecule has 2 aromatic carbocycles. The van der Waals surface area contributed by atoms with E-state index in [0.29, 0.717) is 0 Å². The highest BCUT2D eigenvalue weighted by molar-refractivity contribution is 7.17. The maximum atomic E-state index is 11.0. The summed E-state index contributed by atoms with van der Waals surface area (Å²) in [6.07, 6.45) is 1.82. The lowest BCUT2D eigenvalue weighted by Gasteiger charge is -2.32. The van der Waals surface area contributed by atoms with E-state index in [-0.39, 0.29) is 11.9 Å². The molecule has 0 aliphatic carbocycles. The lowest BCUT2D eigenvalue weighted by atomic mass is 9.96. The minimum atomic E-state index is 0.0631. The SMILES string of the molecule is CCc1nc2sc([C@@H](c3ccccc3)[NH+]3CCc4ccccc4C3)c(O)n2n1. The maximum Gasteiger partial charge on any atom is 0.235 e. The van der Waals surface area contributed by atoms with Crippen LogP contribution in [-0.2, 0) is 19.4 Å². The maximum absolute atomic E-state index is 11.0. The second kappa shape index (κ2) is 7.04. The summed E-state index contributed by atoms with van der Waals surface area (Å²) in [5.41, 5.74) is 4.06. The molecule has 0 bridgehead atoms. The fourth-order valence-electron chi connectivity index (χ4n) is 4.19. The summed E-state index contributed by atoms with van der Waals surface area (Å²) in [6, 6.07) is 19.3. The van der Waals surface area contributed by atoms with Crippen molar-refractivity contribution in [2.45, 2.75) is 32.4 Å². The number of rotatable bonds is 4. The zero-order valence-corrected chi connectivity index (χ0v) is 16.6. The number of hydrogen-bond acceptors (Lipinski definition) is 4. The van der Waals surface area contributed by atoms with Gasteiger partial charge < -0.3 is 10.0 Å². The molecule has 0 radical (unpaired) electrons. The number of aromatic nitrogens is 3. The van der Waals surface area contributed by atoms with Gasteiger partial charge in [0, 0.05) is 24.0 Å². The molecule has 2 atom stereocenters. The van der Waals surface area contributed by atoms with Crippen molar-refractivity contribution >= 4 is 16.3 Å². The zero-order chi connectivity index (χ0) is 19.1. The van der Waals surface area contributed by atoms with Crippen LogP contribution in [0.5, 0.6) is 5.88 Å². The molecule has 1 unspecified atom stereocenters. The monoisotopic (exact) mass is 391 g/mol. The van der Waals surface area contributed by atoms with Gasteiger partial charge in [0.15, 0.2) is 11.9 Å². The van der Waals surface area contributed by atoms with E-state index in [9.17, 15) is 5.11 Å². The molecule has 28 heavy (non-hydrogen) atoms. The zero-order valence-electron chi connectivity index (χ0n) is 15.8. The number of fused-ring (bicyclic) bond motifs is 2.